The van der Waals surface area contributed by atoms with Gasteiger partial charge in [0.25, 0.3) is 0 Å². The summed E-state index contributed by atoms with van der Waals surface area (Å²) in [6.45, 7) is 8.96. The van der Waals surface area contributed by atoms with Crippen LogP contribution in [0.3, 0.4) is 0 Å². The predicted molar refractivity (Wildman–Crippen MR) is 114 cm³/mol. The highest BCUT2D eigenvalue weighted by atomic mass is 16.2. The number of nitrogens with zero attached hydrogens (tertiary/aromatic N) is 2. The van der Waals surface area contributed by atoms with Crippen molar-refractivity contribution in [1.82, 2.24) is 9.80 Å². The number of rotatable bonds is 5. The summed E-state index contributed by atoms with van der Waals surface area (Å²) in [5.74, 6) is 0.939. The van der Waals surface area contributed by atoms with E-state index < -0.39 is 0 Å². The average Bonchev–Trinajstić information content (AvgIpc) is 2.73. The van der Waals surface area contributed by atoms with Gasteiger partial charge in [-0.3, -0.25) is 19.3 Å². The highest BCUT2D eigenvalue weighted by molar-refractivity contribution is 5.97. The topological polar surface area (TPSA) is 69.7 Å². The molecule has 0 saturated carbocycles. The molecule has 6 nitrogen and oxygen atoms in total. The molecule has 0 aliphatic carbocycles. The van der Waals surface area contributed by atoms with Gasteiger partial charge < -0.3 is 10.2 Å². The van der Waals surface area contributed by atoms with Gasteiger partial charge in [0.2, 0.25) is 11.8 Å². The number of amides is 2. The number of nitrogens with one attached hydrogen (secondary N) is 1. The molecule has 2 fully saturated rings. The Morgan fingerprint density at radius 3 is 2.28 bits per heavy atom. The van der Waals surface area contributed by atoms with E-state index in [1.165, 1.54) is 13.3 Å². The molecule has 2 aliphatic heterocycles. The number of Topliss-reactive ketones (excluding diaryl/α,β-unsaturated/α-hetero) is 1. The standard InChI is InChI=1S/C23H33N3O3/c1-16-5-4-12-26(15-16)23(29)20-10-13-25(14-11-20)17(2)22(28)24-21-8-6-19(7-9-21)18(3)27/h6-9,16-17,20H,4-5,10-15H2,1-3H3,(H,24,28)/t16-,17+/m0/s1. The number of anilines is 1. The lowest BCUT2D eigenvalue weighted by molar-refractivity contribution is -0.139. The van der Waals surface area contributed by atoms with Crippen LogP contribution < -0.4 is 5.32 Å². The first-order valence-corrected chi connectivity index (χ1v) is 10.8. The zero-order chi connectivity index (χ0) is 21.0. The maximum absolute atomic E-state index is 12.8. The van der Waals surface area contributed by atoms with Gasteiger partial charge in [-0.15, -0.1) is 0 Å². The highest BCUT2D eigenvalue weighted by Crippen LogP contribution is 2.24. The van der Waals surface area contributed by atoms with Gasteiger partial charge in [0, 0.05) is 30.3 Å². The normalized spacial score (nSPS) is 22.2. The van der Waals surface area contributed by atoms with Crippen LogP contribution >= 0.6 is 0 Å². The fraction of sp³-hybridized carbons (Fsp3) is 0.609. The van der Waals surface area contributed by atoms with Crippen LogP contribution in [0.15, 0.2) is 24.3 Å². The molecule has 6 heteroatoms. The Morgan fingerprint density at radius 2 is 1.69 bits per heavy atom. The molecule has 29 heavy (non-hydrogen) atoms. The lowest BCUT2D eigenvalue weighted by atomic mass is 9.92. The van der Waals surface area contributed by atoms with Crippen LogP contribution in [0.4, 0.5) is 5.69 Å². The molecule has 2 saturated heterocycles. The molecule has 1 aromatic rings. The second-order valence-corrected chi connectivity index (χ2v) is 8.64. The van der Waals surface area contributed by atoms with Crippen LogP contribution in [0, 0.1) is 11.8 Å². The summed E-state index contributed by atoms with van der Waals surface area (Å²) in [6, 6.07) is 6.70. The van der Waals surface area contributed by atoms with Crippen molar-refractivity contribution in [1.29, 1.82) is 0 Å². The minimum absolute atomic E-state index is 0.00710. The Bertz CT molecular complexity index is 738. The Morgan fingerprint density at radius 1 is 1.03 bits per heavy atom. The molecule has 0 spiro atoms. The van der Waals surface area contributed by atoms with Crippen molar-refractivity contribution in [3.8, 4) is 0 Å². The Balaban J connectivity index is 1.48. The highest BCUT2D eigenvalue weighted by Gasteiger charge is 2.33. The van der Waals surface area contributed by atoms with E-state index in [0.717, 1.165) is 45.4 Å². The number of piperidine rings is 2. The predicted octanol–water partition coefficient (Wildman–Crippen LogP) is 3.19. The molecule has 2 heterocycles. The van der Waals surface area contributed by atoms with E-state index in [1.807, 2.05) is 6.92 Å². The van der Waals surface area contributed by atoms with Gasteiger partial charge in [-0.2, -0.15) is 0 Å². The first-order chi connectivity index (χ1) is 13.8. The lowest BCUT2D eigenvalue weighted by Crippen LogP contribution is -2.49. The quantitative estimate of drug-likeness (QED) is 0.772. The Kier molecular flexibility index (Phi) is 7.06. The molecular formula is C23H33N3O3. The maximum atomic E-state index is 12.8. The minimum Gasteiger partial charge on any atom is -0.342 e. The van der Waals surface area contributed by atoms with Crippen molar-refractivity contribution in [3.63, 3.8) is 0 Å². The van der Waals surface area contributed by atoms with Gasteiger partial charge in [0.05, 0.1) is 6.04 Å². The molecule has 1 N–H and O–H groups in total. The summed E-state index contributed by atoms with van der Waals surface area (Å²) in [5.41, 5.74) is 1.32. The zero-order valence-electron chi connectivity index (χ0n) is 17.8. The first kappa shape index (κ1) is 21.5. The van der Waals surface area contributed by atoms with E-state index >= 15 is 0 Å². The Hall–Kier alpha value is -2.21. The molecule has 2 amide bonds. The van der Waals surface area contributed by atoms with Crippen molar-refractivity contribution in [2.75, 3.05) is 31.5 Å². The first-order valence-electron chi connectivity index (χ1n) is 10.8. The van der Waals surface area contributed by atoms with Gasteiger partial charge in [-0.1, -0.05) is 6.92 Å². The number of hydrogen-bond acceptors (Lipinski definition) is 4. The number of hydrogen-bond donors (Lipinski definition) is 1. The zero-order valence-corrected chi connectivity index (χ0v) is 17.8. The van der Waals surface area contributed by atoms with Crippen molar-refractivity contribution < 1.29 is 14.4 Å². The van der Waals surface area contributed by atoms with E-state index in [-0.39, 0.29) is 23.7 Å². The summed E-state index contributed by atoms with van der Waals surface area (Å²) in [4.78, 5) is 41.0. The van der Waals surface area contributed by atoms with Gasteiger partial charge in [0.1, 0.15) is 0 Å². The monoisotopic (exact) mass is 399 g/mol. The molecule has 0 aromatic heterocycles. The van der Waals surface area contributed by atoms with Crippen LogP contribution in [0.25, 0.3) is 0 Å². The molecule has 2 aliphatic rings. The van der Waals surface area contributed by atoms with Crippen LogP contribution in [0.2, 0.25) is 0 Å². The minimum atomic E-state index is -0.256. The number of likely N-dealkylation sites (tertiary alicyclic amines) is 2. The third-order valence-corrected chi connectivity index (χ3v) is 6.33. The number of carbonyl (C=O) groups is 3. The van der Waals surface area contributed by atoms with Crippen molar-refractivity contribution in [3.05, 3.63) is 29.8 Å². The molecule has 0 unspecified atom stereocenters. The lowest BCUT2D eigenvalue weighted by Gasteiger charge is -2.38. The molecule has 3 rings (SSSR count). The van der Waals surface area contributed by atoms with Gasteiger partial charge >= 0.3 is 0 Å². The molecular weight excluding hydrogens is 366 g/mol. The van der Waals surface area contributed by atoms with E-state index in [4.69, 9.17) is 0 Å². The van der Waals surface area contributed by atoms with E-state index in [9.17, 15) is 14.4 Å². The molecule has 0 bridgehead atoms. The second-order valence-electron chi connectivity index (χ2n) is 8.64. The number of ketones is 1. The molecule has 158 valence electrons. The van der Waals surface area contributed by atoms with Crippen LogP contribution in [-0.4, -0.2) is 59.6 Å². The van der Waals surface area contributed by atoms with Crippen LogP contribution in [-0.2, 0) is 9.59 Å². The second kappa shape index (κ2) is 9.53. The smallest absolute Gasteiger partial charge is 0.241 e. The van der Waals surface area contributed by atoms with Crippen molar-refractivity contribution in [2.45, 2.75) is 52.5 Å². The van der Waals surface area contributed by atoms with Gasteiger partial charge in [0.15, 0.2) is 5.78 Å². The average molecular weight is 400 g/mol. The summed E-state index contributed by atoms with van der Waals surface area (Å²) in [7, 11) is 0. The summed E-state index contributed by atoms with van der Waals surface area (Å²) in [6.07, 6.45) is 3.95. The number of benzene rings is 1. The third-order valence-electron chi connectivity index (χ3n) is 6.33. The molecule has 0 radical (unpaired) electrons. The largest absolute Gasteiger partial charge is 0.342 e. The van der Waals surface area contributed by atoms with Crippen molar-refractivity contribution in [2.24, 2.45) is 11.8 Å². The van der Waals surface area contributed by atoms with Gasteiger partial charge in [-0.05, 0) is 82.8 Å². The fourth-order valence-electron chi connectivity index (χ4n) is 4.38. The summed E-state index contributed by atoms with van der Waals surface area (Å²) < 4.78 is 0. The summed E-state index contributed by atoms with van der Waals surface area (Å²) in [5, 5.41) is 2.93. The SMILES string of the molecule is CC(=O)c1ccc(NC(=O)[C@@H](C)N2CCC(C(=O)N3CCC[C@H](C)C3)CC2)cc1. The van der Waals surface area contributed by atoms with Crippen LogP contribution in [0.5, 0.6) is 0 Å². The molecule has 2 atom stereocenters. The van der Waals surface area contributed by atoms with Crippen LogP contribution in [0.1, 0.15) is 56.8 Å². The van der Waals surface area contributed by atoms with E-state index in [1.54, 1.807) is 24.3 Å². The fourth-order valence-corrected chi connectivity index (χ4v) is 4.38. The van der Waals surface area contributed by atoms with Gasteiger partial charge in [-0.25, -0.2) is 0 Å². The maximum Gasteiger partial charge on any atom is 0.241 e. The van der Waals surface area contributed by atoms with E-state index in [0.29, 0.717) is 23.1 Å². The summed E-state index contributed by atoms with van der Waals surface area (Å²) >= 11 is 0. The van der Waals surface area contributed by atoms with Crippen molar-refractivity contribution >= 4 is 23.3 Å². The van der Waals surface area contributed by atoms with E-state index in [2.05, 4.69) is 22.0 Å². The third kappa shape index (κ3) is 5.44. The number of carbonyl (C=O) groups excluding carboxylic acids is 3. The Labute approximate surface area is 173 Å². The molecule has 1 aromatic carbocycles.